The summed E-state index contributed by atoms with van der Waals surface area (Å²) in [4.78, 5) is 2.53. The van der Waals surface area contributed by atoms with Crippen molar-refractivity contribution >= 4 is 0 Å². The molecule has 0 aromatic heterocycles. The molecule has 1 saturated carbocycles. The van der Waals surface area contributed by atoms with Crippen molar-refractivity contribution in [2.24, 2.45) is 5.92 Å². The predicted octanol–water partition coefficient (Wildman–Crippen LogP) is 1.63. The van der Waals surface area contributed by atoms with Crippen molar-refractivity contribution < 1.29 is 5.11 Å². The van der Waals surface area contributed by atoms with Crippen molar-refractivity contribution in [1.29, 1.82) is 0 Å². The highest BCUT2D eigenvalue weighted by Crippen LogP contribution is 2.32. The summed E-state index contributed by atoms with van der Waals surface area (Å²) in [5.41, 5.74) is 0. The third kappa shape index (κ3) is 1.62. The van der Waals surface area contributed by atoms with Gasteiger partial charge < -0.3 is 5.11 Å². The van der Waals surface area contributed by atoms with Gasteiger partial charge in [-0.3, -0.25) is 4.90 Å². The van der Waals surface area contributed by atoms with E-state index in [4.69, 9.17) is 0 Å². The summed E-state index contributed by atoms with van der Waals surface area (Å²) >= 11 is 0. The standard InChI is InChI=1S/C11H21NO/c1-8-6-7-12(9(8)2)10-4-3-5-11(10)13/h8-11,13H,3-7H2,1-2H3. The van der Waals surface area contributed by atoms with Crippen molar-refractivity contribution in [3.05, 3.63) is 0 Å². The van der Waals surface area contributed by atoms with E-state index in [-0.39, 0.29) is 6.10 Å². The Morgan fingerprint density at radius 1 is 1.15 bits per heavy atom. The highest BCUT2D eigenvalue weighted by molar-refractivity contribution is 4.92. The van der Waals surface area contributed by atoms with Crippen LogP contribution >= 0.6 is 0 Å². The van der Waals surface area contributed by atoms with Crippen LogP contribution in [0.1, 0.15) is 39.5 Å². The fourth-order valence-corrected chi connectivity index (χ4v) is 2.90. The minimum atomic E-state index is -0.0484. The minimum absolute atomic E-state index is 0.0484. The van der Waals surface area contributed by atoms with E-state index in [1.165, 1.54) is 25.8 Å². The average Bonchev–Trinajstić information content (AvgIpc) is 2.62. The highest BCUT2D eigenvalue weighted by atomic mass is 16.3. The largest absolute Gasteiger partial charge is 0.391 e. The SMILES string of the molecule is CC1CCN(C2CCCC2O)C1C. The van der Waals surface area contributed by atoms with Gasteiger partial charge in [0.05, 0.1) is 6.10 Å². The zero-order chi connectivity index (χ0) is 9.42. The second kappa shape index (κ2) is 3.58. The van der Waals surface area contributed by atoms with Gasteiger partial charge in [-0.05, 0) is 45.1 Å². The molecule has 0 bridgehead atoms. The molecule has 0 aromatic carbocycles. The van der Waals surface area contributed by atoms with Gasteiger partial charge in [-0.15, -0.1) is 0 Å². The molecule has 1 aliphatic heterocycles. The van der Waals surface area contributed by atoms with E-state index in [9.17, 15) is 5.11 Å². The first-order valence-electron chi connectivity index (χ1n) is 5.64. The molecule has 2 rings (SSSR count). The van der Waals surface area contributed by atoms with Crippen LogP contribution in [0, 0.1) is 5.92 Å². The summed E-state index contributed by atoms with van der Waals surface area (Å²) in [6.45, 7) is 5.83. The number of likely N-dealkylation sites (tertiary alicyclic amines) is 1. The summed E-state index contributed by atoms with van der Waals surface area (Å²) in [6, 6.07) is 1.15. The van der Waals surface area contributed by atoms with Crippen LogP contribution in [-0.2, 0) is 0 Å². The Hall–Kier alpha value is -0.0800. The Morgan fingerprint density at radius 2 is 1.92 bits per heavy atom. The number of aliphatic hydroxyl groups excluding tert-OH is 1. The van der Waals surface area contributed by atoms with Crippen molar-refractivity contribution in [3.63, 3.8) is 0 Å². The summed E-state index contributed by atoms with van der Waals surface area (Å²) in [6.07, 6.45) is 4.70. The maximum Gasteiger partial charge on any atom is 0.0695 e. The lowest BCUT2D eigenvalue weighted by Crippen LogP contribution is -2.43. The lowest BCUT2D eigenvalue weighted by molar-refractivity contribution is 0.0625. The Morgan fingerprint density at radius 3 is 2.38 bits per heavy atom. The quantitative estimate of drug-likeness (QED) is 0.668. The van der Waals surface area contributed by atoms with Gasteiger partial charge in [-0.1, -0.05) is 6.92 Å². The van der Waals surface area contributed by atoms with Crippen LogP contribution in [0.2, 0.25) is 0 Å². The smallest absolute Gasteiger partial charge is 0.0695 e. The lowest BCUT2D eigenvalue weighted by Gasteiger charge is -2.31. The molecule has 2 nitrogen and oxygen atoms in total. The predicted molar refractivity (Wildman–Crippen MR) is 53.6 cm³/mol. The molecule has 4 atom stereocenters. The molecule has 1 N–H and O–H groups in total. The monoisotopic (exact) mass is 183 g/mol. The van der Waals surface area contributed by atoms with Gasteiger partial charge in [0.15, 0.2) is 0 Å². The molecule has 13 heavy (non-hydrogen) atoms. The molecule has 1 aliphatic carbocycles. The van der Waals surface area contributed by atoms with E-state index in [0.717, 1.165) is 12.3 Å². The maximum absolute atomic E-state index is 9.81. The van der Waals surface area contributed by atoms with Crippen molar-refractivity contribution in [3.8, 4) is 0 Å². The number of hydrogen-bond acceptors (Lipinski definition) is 2. The first kappa shape index (κ1) is 9.47. The van der Waals surface area contributed by atoms with Gasteiger partial charge in [0.1, 0.15) is 0 Å². The summed E-state index contributed by atoms with van der Waals surface area (Å²) < 4.78 is 0. The van der Waals surface area contributed by atoms with Crippen LogP contribution < -0.4 is 0 Å². The molecular weight excluding hydrogens is 162 g/mol. The van der Waals surface area contributed by atoms with E-state index >= 15 is 0 Å². The maximum atomic E-state index is 9.81. The number of nitrogens with zero attached hydrogens (tertiary/aromatic N) is 1. The third-order valence-electron chi connectivity index (χ3n) is 4.06. The molecule has 0 aromatic rings. The van der Waals surface area contributed by atoms with Crippen molar-refractivity contribution in [2.45, 2.75) is 57.7 Å². The van der Waals surface area contributed by atoms with Gasteiger partial charge in [-0.2, -0.15) is 0 Å². The Labute approximate surface area is 80.9 Å². The van der Waals surface area contributed by atoms with Crippen LogP contribution in [0.15, 0.2) is 0 Å². The van der Waals surface area contributed by atoms with Crippen LogP contribution in [0.5, 0.6) is 0 Å². The van der Waals surface area contributed by atoms with Crippen LogP contribution in [0.4, 0.5) is 0 Å². The molecule has 2 heteroatoms. The molecule has 2 fully saturated rings. The normalized spacial score (nSPS) is 47.3. The van der Waals surface area contributed by atoms with E-state index in [2.05, 4.69) is 18.7 Å². The average molecular weight is 183 g/mol. The molecule has 2 aliphatic rings. The Kier molecular flexibility index (Phi) is 2.61. The zero-order valence-electron chi connectivity index (χ0n) is 8.74. The first-order chi connectivity index (χ1) is 6.20. The number of hydrogen-bond donors (Lipinski definition) is 1. The molecule has 1 saturated heterocycles. The van der Waals surface area contributed by atoms with E-state index in [1.807, 2.05) is 0 Å². The molecule has 0 radical (unpaired) electrons. The fourth-order valence-electron chi connectivity index (χ4n) is 2.90. The number of rotatable bonds is 1. The molecule has 0 spiro atoms. The minimum Gasteiger partial charge on any atom is -0.391 e. The Bertz CT molecular complexity index is 183. The summed E-state index contributed by atoms with van der Waals surface area (Å²) in [5, 5.41) is 9.81. The Balaban J connectivity index is 2.00. The second-order valence-corrected chi connectivity index (χ2v) is 4.81. The molecule has 0 amide bonds. The van der Waals surface area contributed by atoms with E-state index < -0.39 is 0 Å². The van der Waals surface area contributed by atoms with Gasteiger partial charge in [-0.25, -0.2) is 0 Å². The fraction of sp³-hybridized carbons (Fsp3) is 1.00. The van der Waals surface area contributed by atoms with Gasteiger partial charge in [0, 0.05) is 12.1 Å². The van der Waals surface area contributed by atoms with Gasteiger partial charge in [0.2, 0.25) is 0 Å². The van der Waals surface area contributed by atoms with E-state index in [0.29, 0.717) is 12.1 Å². The molecule has 76 valence electrons. The van der Waals surface area contributed by atoms with Crippen LogP contribution in [-0.4, -0.2) is 34.7 Å². The van der Waals surface area contributed by atoms with Crippen molar-refractivity contribution in [2.75, 3.05) is 6.54 Å². The van der Waals surface area contributed by atoms with Gasteiger partial charge >= 0.3 is 0 Å². The molecular formula is C11H21NO. The lowest BCUT2D eigenvalue weighted by atomic mass is 10.0. The summed E-state index contributed by atoms with van der Waals surface area (Å²) in [7, 11) is 0. The van der Waals surface area contributed by atoms with E-state index in [1.54, 1.807) is 0 Å². The highest BCUT2D eigenvalue weighted by Gasteiger charge is 2.37. The van der Waals surface area contributed by atoms with Crippen molar-refractivity contribution in [1.82, 2.24) is 4.90 Å². The first-order valence-corrected chi connectivity index (χ1v) is 5.64. The summed E-state index contributed by atoms with van der Waals surface area (Å²) in [5.74, 6) is 0.813. The second-order valence-electron chi connectivity index (χ2n) is 4.81. The van der Waals surface area contributed by atoms with Gasteiger partial charge in [0.25, 0.3) is 0 Å². The number of aliphatic hydroxyl groups is 1. The zero-order valence-corrected chi connectivity index (χ0v) is 8.74. The topological polar surface area (TPSA) is 23.5 Å². The molecule has 4 unspecified atom stereocenters. The molecule has 1 heterocycles. The third-order valence-corrected chi connectivity index (χ3v) is 4.06. The van der Waals surface area contributed by atoms with Crippen LogP contribution in [0.3, 0.4) is 0 Å². The van der Waals surface area contributed by atoms with Crippen LogP contribution in [0.25, 0.3) is 0 Å².